The summed E-state index contributed by atoms with van der Waals surface area (Å²) in [5, 5.41) is 5.37. The average molecular weight is 379 g/mol. The van der Waals surface area contributed by atoms with E-state index in [1.807, 2.05) is 0 Å². The Balaban J connectivity index is 1.70. The summed E-state index contributed by atoms with van der Waals surface area (Å²) < 4.78 is 13.9. The summed E-state index contributed by atoms with van der Waals surface area (Å²) in [5.41, 5.74) is 1.23. The number of rotatable bonds is 6. The van der Waals surface area contributed by atoms with Gasteiger partial charge in [-0.15, -0.1) is 0 Å². The third kappa shape index (κ3) is 5.83. The first-order valence-electron chi connectivity index (χ1n) is 7.09. The van der Waals surface area contributed by atoms with Gasteiger partial charge in [0.1, 0.15) is 5.82 Å². The molecule has 2 aromatic carbocycles. The maximum atomic E-state index is 13.0. The van der Waals surface area contributed by atoms with Crippen LogP contribution in [0.3, 0.4) is 0 Å². The van der Waals surface area contributed by atoms with Gasteiger partial charge in [0.15, 0.2) is 0 Å². The van der Waals surface area contributed by atoms with Crippen molar-refractivity contribution < 1.29 is 14.0 Å². The lowest BCUT2D eigenvalue weighted by Gasteiger charge is -2.07. The van der Waals surface area contributed by atoms with E-state index in [0.29, 0.717) is 11.1 Å². The molecule has 0 atom stereocenters. The Morgan fingerprint density at radius 1 is 1.04 bits per heavy atom. The van der Waals surface area contributed by atoms with Gasteiger partial charge in [0.05, 0.1) is 0 Å². The summed E-state index contributed by atoms with van der Waals surface area (Å²) in [5.74, 6) is -0.765. The van der Waals surface area contributed by atoms with Crippen molar-refractivity contribution in [3.63, 3.8) is 0 Å². The predicted molar refractivity (Wildman–Crippen MR) is 89.3 cm³/mol. The van der Waals surface area contributed by atoms with Gasteiger partial charge < -0.3 is 10.6 Å². The summed E-state index contributed by atoms with van der Waals surface area (Å²) >= 11 is 3.30. The van der Waals surface area contributed by atoms with Crippen LogP contribution in [0, 0.1) is 5.82 Å². The molecule has 0 spiro atoms. The van der Waals surface area contributed by atoms with Crippen LogP contribution < -0.4 is 10.6 Å². The molecule has 0 bridgehead atoms. The number of nitrogens with one attached hydrogen (secondary N) is 2. The summed E-state index contributed by atoms with van der Waals surface area (Å²) in [6, 6.07) is 13.0. The molecule has 2 rings (SSSR count). The molecule has 0 heterocycles. The Labute approximate surface area is 142 Å². The van der Waals surface area contributed by atoms with E-state index in [9.17, 15) is 14.0 Å². The van der Waals surface area contributed by atoms with Crippen molar-refractivity contribution in [3.8, 4) is 0 Å². The normalized spacial score (nSPS) is 10.2. The van der Waals surface area contributed by atoms with Crippen molar-refractivity contribution >= 4 is 27.7 Å². The van der Waals surface area contributed by atoms with E-state index in [4.69, 9.17) is 0 Å². The van der Waals surface area contributed by atoms with Crippen LogP contribution in [0.5, 0.6) is 0 Å². The van der Waals surface area contributed by atoms with Gasteiger partial charge in [-0.1, -0.05) is 28.1 Å². The highest BCUT2D eigenvalue weighted by atomic mass is 79.9. The number of carbonyl (C=O) groups excluding carboxylic acids is 2. The summed E-state index contributed by atoms with van der Waals surface area (Å²) in [4.78, 5) is 23.6. The molecular weight excluding hydrogens is 363 g/mol. The molecule has 0 saturated heterocycles. The molecule has 0 unspecified atom stereocenters. The summed E-state index contributed by atoms with van der Waals surface area (Å²) in [7, 11) is 0. The standard InChI is InChI=1S/C17H16BrFN2O2/c18-14-6-4-13(5-7-14)17(23)20-9-8-16(22)21-11-12-2-1-3-15(19)10-12/h1-7,10H,8-9,11H2,(H,20,23)(H,21,22). The van der Waals surface area contributed by atoms with Crippen LogP contribution in [0.4, 0.5) is 4.39 Å². The zero-order valence-electron chi connectivity index (χ0n) is 12.3. The molecule has 0 radical (unpaired) electrons. The summed E-state index contributed by atoms with van der Waals surface area (Å²) in [6.45, 7) is 0.501. The molecule has 0 saturated carbocycles. The number of amides is 2. The van der Waals surface area contributed by atoms with E-state index in [-0.39, 0.29) is 37.1 Å². The molecule has 6 heteroatoms. The fraction of sp³-hybridized carbons (Fsp3) is 0.176. The minimum atomic E-state index is -0.335. The van der Waals surface area contributed by atoms with E-state index >= 15 is 0 Å². The average Bonchev–Trinajstić information content (AvgIpc) is 2.53. The first-order valence-corrected chi connectivity index (χ1v) is 7.89. The molecule has 2 amide bonds. The number of hydrogen-bond donors (Lipinski definition) is 2. The monoisotopic (exact) mass is 378 g/mol. The fourth-order valence-corrected chi connectivity index (χ4v) is 2.19. The van der Waals surface area contributed by atoms with Crippen LogP contribution in [0.25, 0.3) is 0 Å². The smallest absolute Gasteiger partial charge is 0.251 e. The second-order valence-electron chi connectivity index (χ2n) is 4.92. The van der Waals surface area contributed by atoms with Crippen LogP contribution in [0.15, 0.2) is 53.0 Å². The van der Waals surface area contributed by atoms with Crippen molar-refractivity contribution in [2.75, 3.05) is 6.54 Å². The molecule has 0 aliphatic carbocycles. The van der Waals surface area contributed by atoms with Crippen molar-refractivity contribution in [1.29, 1.82) is 0 Å². The first kappa shape index (κ1) is 17.1. The lowest BCUT2D eigenvalue weighted by molar-refractivity contribution is -0.121. The molecule has 0 fully saturated rings. The molecule has 0 aromatic heterocycles. The van der Waals surface area contributed by atoms with Gasteiger partial charge in [0.2, 0.25) is 5.91 Å². The van der Waals surface area contributed by atoms with Gasteiger partial charge in [0, 0.05) is 29.5 Å². The molecule has 23 heavy (non-hydrogen) atoms. The Kier molecular flexibility index (Phi) is 6.29. The van der Waals surface area contributed by atoms with Gasteiger partial charge in [0.25, 0.3) is 5.91 Å². The molecule has 0 aliphatic rings. The lowest BCUT2D eigenvalue weighted by Crippen LogP contribution is -2.30. The molecule has 4 nitrogen and oxygen atoms in total. The molecule has 2 aromatic rings. The van der Waals surface area contributed by atoms with E-state index in [1.165, 1.54) is 12.1 Å². The second-order valence-corrected chi connectivity index (χ2v) is 5.84. The number of halogens is 2. The van der Waals surface area contributed by atoms with Gasteiger partial charge in [-0.25, -0.2) is 4.39 Å². The highest BCUT2D eigenvalue weighted by molar-refractivity contribution is 9.10. The minimum Gasteiger partial charge on any atom is -0.352 e. The maximum Gasteiger partial charge on any atom is 0.251 e. The minimum absolute atomic E-state index is 0.164. The number of hydrogen-bond acceptors (Lipinski definition) is 2. The molecular formula is C17H16BrFN2O2. The van der Waals surface area contributed by atoms with Gasteiger partial charge in [-0.2, -0.15) is 0 Å². The highest BCUT2D eigenvalue weighted by Crippen LogP contribution is 2.10. The predicted octanol–water partition coefficient (Wildman–Crippen LogP) is 3.02. The molecule has 2 N–H and O–H groups in total. The van der Waals surface area contributed by atoms with Crippen molar-refractivity contribution in [1.82, 2.24) is 10.6 Å². The van der Waals surface area contributed by atoms with Gasteiger partial charge in [-0.3, -0.25) is 9.59 Å². The SMILES string of the molecule is O=C(CCNC(=O)c1ccc(Br)cc1)NCc1cccc(F)c1. The van der Waals surface area contributed by atoms with E-state index < -0.39 is 0 Å². The Morgan fingerprint density at radius 3 is 2.48 bits per heavy atom. The topological polar surface area (TPSA) is 58.2 Å². The zero-order valence-corrected chi connectivity index (χ0v) is 13.9. The van der Waals surface area contributed by atoms with Crippen LogP contribution in [-0.2, 0) is 11.3 Å². The van der Waals surface area contributed by atoms with Crippen molar-refractivity contribution in [2.45, 2.75) is 13.0 Å². The third-order valence-electron chi connectivity index (χ3n) is 3.12. The van der Waals surface area contributed by atoms with Crippen molar-refractivity contribution in [3.05, 3.63) is 69.9 Å². The van der Waals surface area contributed by atoms with Gasteiger partial charge >= 0.3 is 0 Å². The van der Waals surface area contributed by atoms with Crippen molar-refractivity contribution in [2.24, 2.45) is 0 Å². The first-order chi connectivity index (χ1) is 11.0. The number of carbonyl (C=O) groups is 2. The third-order valence-corrected chi connectivity index (χ3v) is 3.65. The molecule has 120 valence electrons. The summed E-state index contributed by atoms with van der Waals surface area (Å²) in [6.07, 6.45) is 0.164. The van der Waals surface area contributed by atoms with E-state index in [2.05, 4.69) is 26.6 Å². The van der Waals surface area contributed by atoms with Gasteiger partial charge in [-0.05, 0) is 42.0 Å². The zero-order chi connectivity index (χ0) is 16.7. The van der Waals surface area contributed by atoms with E-state index in [0.717, 1.165) is 4.47 Å². The van der Waals surface area contributed by atoms with E-state index in [1.54, 1.807) is 36.4 Å². The largest absolute Gasteiger partial charge is 0.352 e. The van der Waals surface area contributed by atoms with Crippen LogP contribution in [0.2, 0.25) is 0 Å². The lowest BCUT2D eigenvalue weighted by atomic mass is 10.2. The van der Waals surface area contributed by atoms with Crippen LogP contribution >= 0.6 is 15.9 Å². The Bertz CT molecular complexity index is 689. The second kappa shape index (κ2) is 8.43. The van der Waals surface area contributed by atoms with Crippen LogP contribution in [-0.4, -0.2) is 18.4 Å². The Hall–Kier alpha value is -2.21. The fourth-order valence-electron chi connectivity index (χ4n) is 1.93. The Morgan fingerprint density at radius 2 is 1.78 bits per heavy atom. The van der Waals surface area contributed by atoms with Crippen LogP contribution in [0.1, 0.15) is 22.3 Å². The quantitative estimate of drug-likeness (QED) is 0.811. The highest BCUT2D eigenvalue weighted by Gasteiger charge is 2.06. The maximum absolute atomic E-state index is 13.0. The number of benzene rings is 2. The molecule has 0 aliphatic heterocycles.